The summed E-state index contributed by atoms with van der Waals surface area (Å²) in [5.74, 6) is 1.02. The average Bonchev–Trinajstić information content (AvgIpc) is 3.38. The van der Waals surface area contributed by atoms with Crippen LogP contribution in [-0.2, 0) is 9.53 Å². The van der Waals surface area contributed by atoms with Crippen LogP contribution in [0.2, 0.25) is 0 Å². The van der Waals surface area contributed by atoms with Crippen molar-refractivity contribution in [2.75, 3.05) is 44.2 Å². The number of likely N-dealkylation sites (tertiary alicyclic amines) is 1. The van der Waals surface area contributed by atoms with Gasteiger partial charge in [0, 0.05) is 63.3 Å². The molecule has 180 valence electrons. The number of rotatable bonds is 3. The van der Waals surface area contributed by atoms with Crippen LogP contribution in [-0.4, -0.2) is 86.6 Å². The highest BCUT2D eigenvalue weighted by atomic mass is 16.6. The largest absolute Gasteiger partial charge is 0.444 e. The Labute approximate surface area is 197 Å². The third-order valence-electron chi connectivity index (χ3n) is 6.08. The van der Waals surface area contributed by atoms with Crippen molar-refractivity contribution in [1.82, 2.24) is 29.7 Å². The summed E-state index contributed by atoms with van der Waals surface area (Å²) in [4.78, 5) is 33.8. The molecular formula is C23H29N7O4. The Hall–Kier alpha value is -3.63. The minimum absolute atomic E-state index is 0.0914. The normalized spacial score (nSPS) is 17.2. The quantitative estimate of drug-likeness (QED) is 0.578. The summed E-state index contributed by atoms with van der Waals surface area (Å²) in [6.07, 6.45) is 1.70. The minimum atomic E-state index is -0.513. The molecule has 2 saturated heterocycles. The Morgan fingerprint density at radius 2 is 1.82 bits per heavy atom. The number of anilines is 1. The van der Waals surface area contributed by atoms with Crippen LogP contribution in [0.5, 0.6) is 0 Å². The topological polar surface area (TPSA) is 110 Å². The lowest BCUT2D eigenvalue weighted by molar-refractivity contribution is -0.134. The van der Waals surface area contributed by atoms with E-state index in [1.54, 1.807) is 16.7 Å². The molecule has 0 saturated carbocycles. The van der Waals surface area contributed by atoms with Gasteiger partial charge in [-0.2, -0.15) is 10.1 Å². The molecular weight excluding hydrogens is 438 g/mol. The standard InChI is InChI=1S/C23H29N7O4/c1-15(31)29-13-18(14-29)30-12-17-6-5-16(11-19(17)25-30)20-24-21(26-34-20)27-7-9-28(10-8-27)22(32)33-23(2,3)4/h5-6,11-12,18H,7-10,13-14H2,1-4H3. The monoisotopic (exact) mass is 467 g/mol. The molecule has 0 radical (unpaired) electrons. The first-order valence-corrected chi connectivity index (χ1v) is 11.5. The molecule has 0 bridgehead atoms. The van der Waals surface area contributed by atoms with Crippen molar-refractivity contribution in [3.05, 3.63) is 24.4 Å². The van der Waals surface area contributed by atoms with Gasteiger partial charge in [0.1, 0.15) is 5.60 Å². The fraction of sp³-hybridized carbons (Fsp3) is 0.522. The van der Waals surface area contributed by atoms with E-state index >= 15 is 0 Å². The van der Waals surface area contributed by atoms with Crippen molar-refractivity contribution in [1.29, 1.82) is 0 Å². The van der Waals surface area contributed by atoms with Gasteiger partial charge in [-0.15, -0.1) is 0 Å². The maximum atomic E-state index is 12.3. The van der Waals surface area contributed by atoms with Crippen LogP contribution in [0.4, 0.5) is 10.7 Å². The van der Waals surface area contributed by atoms with Gasteiger partial charge in [0.15, 0.2) is 0 Å². The first-order chi connectivity index (χ1) is 16.2. The van der Waals surface area contributed by atoms with Crippen LogP contribution in [0, 0.1) is 0 Å². The third-order valence-corrected chi connectivity index (χ3v) is 6.08. The number of fused-ring (bicyclic) bond motifs is 1. The molecule has 11 heteroatoms. The zero-order valence-corrected chi connectivity index (χ0v) is 19.9. The van der Waals surface area contributed by atoms with Gasteiger partial charge in [-0.1, -0.05) is 6.07 Å². The molecule has 1 aromatic carbocycles. The van der Waals surface area contributed by atoms with E-state index in [4.69, 9.17) is 14.4 Å². The predicted octanol–water partition coefficient (Wildman–Crippen LogP) is 2.55. The van der Waals surface area contributed by atoms with Crippen molar-refractivity contribution in [3.63, 3.8) is 0 Å². The second-order valence-electron chi connectivity index (χ2n) is 9.81. The molecule has 0 atom stereocenters. The number of hydrogen-bond donors (Lipinski definition) is 0. The highest BCUT2D eigenvalue weighted by Crippen LogP contribution is 2.27. The zero-order valence-electron chi connectivity index (χ0n) is 19.9. The van der Waals surface area contributed by atoms with E-state index in [9.17, 15) is 9.59 Å². The molecule has 0 spiro atoms. The molecule has 0 unspecified atom stereocenters. The SMILES string of the molecule is CC(=O)N1CC(n2cc3ccc(-c4nc(N5CCN(C(=O)OC(C)(C)C)CC5)no4)cc3n2)C1. The van der Waals surface area contributed by atoms with Crippen molar-refractivity contribution < 1.29 is 18.8 Å². The number of carbonyl (C=O) groups excluding carboxylic acids is 2. The summed E-state index contributed by atoms with van der Waals surface area (Å²) in [6.45, 7) is 10.8. The molecule has 2 fully saturated rings. The van der Waals surface area contributed by atoms with Crippen LogP contribution in [0.3, 0.4) is 0 Å². The predicted molar refractivity (Wildman–Crippen MR) is 124 cm³/mol. The molecule has 2 aliphatic rings. The smallest absolute Gasteiger partial charge is 0.410 e. The molecule has 0 aliphatic carbocycles. The first-order valence-electron chi connectivity index (χ1n) is 11.5. The first kappa shape index (κ1) is 22.2. The summed E-state index contributed by atoms with van der Waals surface area (Å²) in [5.41, 5.74) is 1.12. The third kappa shape index (κ3) is 4.42. The fourth-order valence-electron chi connectivity index (χ4n) is 4.11. The van der Waals surface area contributed by atoms with E-state index in [0.29, 0.717) is 51.1 Å². The summed E-state index contributed by atoms with van der Waals surface area (Å²) >= 11 is 0. The van der Waals surface area contributed by atoms with E-state index in [2.05, 4.69) is 10.1 Å². The minimum Gasteiger partial charge on any atom is -0.444 e. The Balaban J connectivity index is 1.24. The van der Waals surface area contributed by atoms with Gasteiger partial charge < -0.3 is 24.0 Å². The second kappa shape index (κ2) is 8.30. The number of ether oxygens (including phenoxy) is 1. The molecule has 11 nitrogen and oxygen atoms in total. The molecule has 2 amide bonds. The summed E-state index contributed by atoms with van der Waals surface area (Å²) in [7, 11) is 0. The number of aromatic nitrogens is 4. The van der Waals surface area contributed by atoms with Crippen molar-refractivity contribution in [3.8, 4) is 11.5 Å². The lowest BCUT2D eigenvalue weighted by Gasteiger charge is -2.38. The van der Waals surface area contributed by atoms with Gasteiger partial charge in [-0.05, 0) is 38.1 Å². The molecule has 2 aliphatic heterocycles. The average molecular weight is 468 g/mol. The van der Waals surface area contributed by atoms with E-state index in [-0.39, 0.29) is 18.0 Å². The molecule has 5 rings (SSSR count). The highest BCUT2D eigenvalue weighted by molar-refractivity contribution is 5.82. The Morgan fingerprint density at radius 1 is 1.09 bits per heavy atom. The van der Waals surface area contributed by atoms with Gasteiger partial charge in [0.2, 0.25) is 5.91 Å². The molecule has 0 N–H and O–H groups in total. The Bertz CT molecular complexity index is 1210. The van der Waals surface area contributed by atoms with E-state index in [1.165, 1.54) is 0 Å². The maximum absolute atomic E-state index is 12.3. The van der Waals surface area contributed by atoms with Crippen molar-refractivity contribution in [2.45, 2.75) is 39.3 Å². The summed E-state index contributed by atoms with van der Waals surface area (Å²) in [5, 5.41) is 9.86. The highest BCUT2D eigenvalue weighted by Gasteiger charge is 2.31. The number of piperazine rings is 1. The molecule has 34 heavy (non-hydrogen) atoms. The van der Waals surface area contributed by atoms with Crippen molar-refractivity contribution >= 4 is 28.9 Å². The van der Waals surface area contributed by atoms with Crippen LogP contribution in [0.1, 0.15) is 33.7 Å². The second-order valence-corrected chi connectivity index (χ2v) is 9.81. The van der Waals surface area contributed by atoms with Crippen LogP contribution in [0.25, 0.3) is 22.4 Å². The number of benzene rings is 1. The Kier molecular flexibility index (Phi) is 5.41. The van der Waals surface area contributed by atoms with Gasteiger partial charge in [0.05, 0.1) is 11.6 Å². The van der Waals surface area contributed by atoms with E-state index < -0.39 is 5.60 Å². The number of amides is 2. The zero-order chi connectivity index (χ0) is 24.0. The fourth-order valence-corrected chi connectivity index (χ4v) is 4.11. The maximum Gasteiger partial charge on any atom is 0.410 e. The van der Waals surface area contributed by atoms with Crippen molar-refractivity contribution in [2.24, 2.45) is 0 Å². The lowest BCUT2D eigenvalue weighted by Crippen LogP contribution is -2.50. The summed E-state index contributed by atoms with van der Waals surface area (Å²) < 4.78 is 12.9. The van der Waals surface area contributed by atoms with Gasteiger partial charge in [-0.25, -0.2) is 4.79 Å². The van der Waals surface area contributed by atoms with Gasteiger partial charge in [0.25, 0.3) is 11.8 Å². The number of hydrogen-bond acceptors (Lipinski definition) is 8. The lowest BCUT2D eigenvalue weighted by atomic mass is 10.1. The number of carbonyl (C=O) groups is 2. The van der Waals surface area contributed by atoms with Crippen LogP contribution >= 0.6 is 0 Å². The van der Waals surface area contributed by atoms with Gasteiger partial charge >= 0.3 is 6.09 Å². The van der Waals surface area contributed by atoms with E-state index in [0.717, 1.165) is 16.5 Å². The Morgan fingerprint density at radius 3 is 2.50 bits per heavy atom. The number of nitrogens with zero attached hydrogens (tertiary/aromatic N) is 7. The van der Waals surface area contributed by atoms with Crippen LogP contribution in [0.15, 0.2) is 28.9 Å². The molecule has 2 aromatic heterocycles. The van der Waals surface area contributed by atoms with E-state index in [1.807, 2.05) is 54.7 Å². The molecule has 4 heterocycles. The summed E-state index contributed by atoms with van der Waals surface area (Å²) in [6, 6.07) is 6.06. The molecule has 3 aromatic rings. The van der Waals surface area contributed by atoms with Crippen LogP contribution < -0.4 is 4.90 Å². The van der Waals surface area contributed by atoms with Gasteiger partial charge in [-0.3, -0.25) is 9.48 Å².